The van der Waals surface area contributed by atoms with Gasteiger partial charge in [0.1, 0.15) is 11.5 Å². The van der Waals surface area contributed by atoms with Crippen molar-refractivity contribution in [3.05, 3.63) is 78.1 Å². The number of pyridine rings is 1. The summed E-state index contributed by atoms with van der Waals surface area (Å²) in [5.41, 5.74) is 2.37. The molecule has 0 saturated carbocycles. The number of fused-ring (bicyclic) bond motifs is 1. The van der Waals surface area contributed by atoms with E-state index in [4.69, 9.17) is 14.2 Å². The smallest absolute Gasteiger partial charge is 0.411 e. The number of carbonyl (C=O) groups is 2. The van der Waals surface area contributed by atoms with Gasteiger partial charge in [0.15, 0.2) is 5.75 Å². The second-order valence-electron chi connectivity index (χ2n) is 10.4. The van der Waals surface area contributed by atoms with Crippen LogP contribution in [0.5, 0.6) is 17.2 Å². The lowest BCUT2D eigenvalue weighted by molar-refractivity contribution is 0.186. The zero-order valence-corrected chi connectivity index (χ0v) is 23.9. The van der Waals surface area contributed by atoms with Crippen LogP contribution in [-0.2, 0) is 10.2 Å². The highest BCUT2D eigenvalue weighted by Gasteiger charge is 2.22. The van der Waals surface area contributed by atoms with Gasteiger partial charge in [-0.2, -0.15) is 0 Å². The van der Waals surface area contributed by atoms with Gasteiger partial charge in [0, 0.05) is 23.0 Å². The van der Waals surface area contributed by atoms with Gasteiger partial charge in [0.05, 0.1) is 43.1 Å². The molecule has 1 heterocycles. The molecule has 0 spiro atoms. The second kappa shape index (κ2) is 12.1. The molecule has 0 aliphatic rings. The van der Waals surface area contributed by atoms with Gasteiger partial charge in [0.2, 0.25) is 0 Å². The average molecular weight is 559 g/mol. The summed E-state index contributed by atoms with van der Waals surface area (Å²) in [6.07, 6.45) is 0.192. The molecule has 1 unspecified atom stereocenters. The minimum Gasteiger partial charge on any atom is -0.492 e. The summed E-state index contributed by atoms with van der Waals surface area (Å²) in [5, 5.41) is 19.8. The first kappa shape index (κ1) is 29.2. The number of aromatic nitrogens is 1. The summed E-state index contributed by atoms with van der Waals surface area (Å²) in [5.74, 6) is 1.38. The van der Waals surface area contributed by atoms with Crippen molar-refractivity contribution in [2.24, 2.45) is 0 Å². The van der Waals surface area contributed by atoms with E-state index in [2.05, 4.69) is 20.9 Å². The number of rotatable bonds is 7. The van der Waals surface area contributed by atoms with E-state index in [0.717, 1.165) is 16.3 Å². The normalized spacial score (nSPS) is 11.9. The molecule has 3 amide bonds. The third-order valence-corrected chi connectivity index (χ3v) is 6.37. The number of methoxy groups -OCH3 is 2. The summed E-state index contributed by atoms with van der Waals surface area (Å²) in [6, 6.07) is 17.5. The number of aliphatic hydroxyl groups excluding tert-OH is 1. The molecular formula is C31H34N4O6. The number of hydrogen-bond acceptors (Lipinski definition) is 7. The van der Waals surface area contributed by atoms with Gasteiger partial charge in [0.25, 0.3) is 0 Å². The van der Waals surface area contributed by atoms with E-state index in [9.17, 15) is 14.7 Å². The molecule has 10 heteroatoms. The monoisotopic (exact) mass is 558 g/mol. The summed E-state index contributed by atoms with van der Waals surface area (Å²) in [7, 11) is 2.73. The number of nitrogens with zero attached hydrogens (tertiary/aromatic N) is 1. The Morgan fingerprint density at radius 3 is 2.17 bits per heavy atom. The zero-order valence-electron chi connectivity index (χ0n) is 23.9. The Morgan fingerprint density at radius 1 is 0.878 bits per heavy atom. The Hall–Kier alpha value is -4.83. The third kappa shape index (κ3) is 6.85. The molecule has 0 aliphatic carbocycles. The summed E-state index contributed by atoms with van der Waals surface area (Å²) in [6.45, 7) is 7.70. The lowest BCUT2D eigenvalue weighted by Crippen LogP contribution is -2.22. The minimum absolute atomic E-state index is 0.279. The lowest BCUT2D eigenvalue weighted by Gasteiger charge is -2.24. The summed E-state index contributed by atoms with van der Waals surface area (Å²) < 4.78 is 16.4. The lowest BCUT2D eigenvalue weighted by atomic mass is 9.86. The Morgan fingerprint density at radius 2 is 1.54 bits per heavy atom. The van der Waals surface area contributed by atoms with Gasteiger partial charge in [-0.25, -0.2) is 9.59 Å². The molecule has 0 bridgehead atoms. The average Bonchev–Trinajstić information content (AvgIpc) is 2.93. The van der Waals surface area contributed by atoms with Crippen LogP contribution in [0.3, 0.4) is 0 Å². The molecule has 0 saturated heterocycles. The molecule has 4 rings (SSSR count). The van der Waals surface area contributed by atoms with Gasteiger partial charge in [-0.1, -0.05) is 45.0 Å². The van der Waals surface area contributed by atoms with Crippen LogP contribution in [-0.4, -0.2) is 36.4 Å². The van der Waals surface area contributed by atoms with Crippen molar-refractivity contribution in [1.82, 2.24) is 4.98 Å². The SMILES string of the molecule is COC(=O)Nc1cc(C(C)(C)C)cc(NC(=O)Nc2ccc(Oc3ccnc(C(C)O)c3)c3ccccc23)c1OC. The van der Waals surface area contributed by atoms with Gasteiger partial charge >= 0.3 is 12.1 Å². The summed E-state index contributed by atoms with van der Waals surface area (Å²) in [4.78, 5) is 29.4. The van der Waals surface area contributed by atoms with Crippen LogP contribution in [0.4, 0.5) is 26.7 Å². The van der Waals surface area contributed by atoms with Crippen molar-refractivity contribution in [3.8, 4) is 17.2 Å². The molecule has 1 atom stereocenters. The molecule has 3 aromatic carbocycles. The van der Waals surface area contributed by atoms with E-state index in [1.807, 2.05) is 51.1 Å². The molecule has 4 aromatic rings. The van der Waals surface area contributed by atoms with Crippen molar-refractivity contribution in [1.29, 1.82) is 0 Å². The van der Waals surface area contributed by atoms with Crippen LogP contribution in [0.2, 0.25) is 0 Å². The first-order valence-corrected chi connectivity index (χ1v) is 13.0. The number of hydrogen-bond donors (Lipinski definition) is 4. The van der Waals surface area contributed by atoms with E-state index in [1.54, 1.807) is 43.5 Å². The molecule has 0 fully saturated rings. The van der Waals surface area contributed by atoms with Gasteiger partial charge < -0.3 is 30.0 Å². The van der Waals surface area contributed by atoms with E-state index in [0.29, 0.717) is 34.3 Å². The van der Waals surface area contributed by atoms with Crippen molar-refractivity contribution >= 4 is 40.0 Å². The number of urea groups is 1. The number of amides is 3. The number of aliphatic hydroxyl groups is 1. The quantitative estimate of drug-likeness (QED) is 0.188. The molecule has 1 aromatic heterocycles. The fourth-order valence-electron chi connectivity index (χ4n) is 4.22. The molecule has 214 valence electrons. The first-order chi connectivity index (χ1) is 19.5. The molecule has 41 heavy (non-hydrogen) atoms. The van der Waals surface area contributed by atoms with Gasteiger partial charge in [-0.15, -0.1) is 0 Å². The third-order valence-electron chi connectivity index (χ3n) is 6.37. The Bertz CT molecular complexity index is 1580. The van der Waals surface area contributed by atoms with Gasteiger partial charge in [-0.3, -0.25) is 10.3 Å². The van der Waals surface area contributed by atoms with Crippen molar-refractivity contribution in [3.63, 3.8) is 0 Å². The zero-order chi connectivity index (χ0) is 29.7. The van der Waals surface area contributed by atoms with Crippen LogP contribution in [0.1, 0.15) is 45.1 Å². The van der Waals surface area contributed by atoms with Crippen LogP contribution < -0.4 is 25.4 Å². The molecule has 10 nitrogen and oxygen atoms in total. The number of benzene rings is 3. The number of carbonyl (C=O) groups excluding carboxylic acids is 2. The molecule has 4 N–H and O–H groups in total. The number of anilines is 3. The highest BCUT2D eigenvalue weighted by Crippen LogP contribution is 2.39. The van der Waals surface area contributed by atoms with E-state index in [-0.39, 0.29) is 11.2 Å². The van der Waals surface area contributed by atoms with Crippen molar-refractivity contribution < 1.29 is 28.9 Å². The highest BCUT2D eigenvalue weighted by molar-refractivity contribution is 6.08. The fourth-order valence-corrected chi connectivity index (χ4v) is 4.22. The maximum absolute atomic E-state index is 13.3. The predicted octanol–water partition coefficient (Wildman–Crippen LogP) is 7.21. The van der Waals surface area contributed by atoms with Crippen LogP contribution >= 0.6 is 0 Å². The summed E-state index contributed by atoms with van der Waals surface area (Å²) >= 11 is 0. The predicted molar refractivity (Wildman–Crippen MR) is 159 cm³/mol. The van der Waals surface area contributed by atoms with Crippen LogP contribution in [0.15, 0.2) is 66.9 Å². The number of ether oxygens (including phenoxy) is 3. The fraction of sp³-hybridized carbons (Fsp3) is 0.258. The Labute approximate surface area is 238 Å². The highest BCUT2D eigenvalue weighted by atomic mass is 16.5. The van der Waals surface area contributed by atoms with Crippen molar-refractivity contribution in [2.75, 3.05) is 30.2 Å². The largest absolute Gasteiger partial charge is 0.492 e. The van der Waals surface area contributed by atoms with E-state index >= 15 is 0 Å². The van der Waals surface area contributed by atoms with Crippen LogP contribution in [0.25, 0.3) is 10.8 Å². The number of nitrogens with one attached hydrogen (secondary N) is 3. The van der Waals surface area contributed by atoms with E-state index in [1.165, 1.54) is 14.2 Å². The standard InChI is InChI=1S/C31H34N4O6/c1-18(36)24-17-20(13-14-32-24)41-27-12-11-23(21-9-7-8-10-22(21)27)33-29(37)34-25-15-19(31(2,3)4)16-26(28(25)39-5)35-30(38)40-6/h7-18,36H,1-6H3,(H,35,38)(H2,33,34,37). The molecular weight excluding hydrogens is 524 g/mol. The van der Waals surface area contributed by atoms with Crippen molar-refractivity contribution in [2.45, 2.75) is 39.2 Å². The maximum atomic E-state index is 13.3. The topological polar surface area (TPSA) is 131 Å². The Balaban J connectivity index is 1.64. The Kier molecular flexibility index (Phi) is 8.63. The second-order valence-corrected chi connectivity index (χ2v) is 10.4. The van der Waals surface area contributed by atoms with E-state index < -0.39 is 18.2 Å². The molecule has 0 radical (unpaired) electrons. The molecule has 0 aliphatic heterocycles. The minimum atomic E-state index is -0.726. The van der Waals surface area contributed by atoms with Crippen LogP contribution in [0, 0.1) is 0 Å². The first-order valence-electron chi connectivity index (χ1n) is 13.0. The van der Waals surface area contributed by atoms with Gasteiger partial charge in [-0.05, 0) is 48.2 Å². The maximum Gasteiger partial charge on any atom is 0.411 e.